The van der Waals surface area contributed by atoms with E-state index in [-0.39, 0.29) is 47.4 Å². The topological polar surface area (TPSA) is 239 Å². The minimum Gasteiger partial charge on any atom is -0.848 e. The number of nitrogens with zero attached hydrogens (tertiary/aromatic N) is 3. The van der Waals surface area contributed by atoms with Gasteiger partial charge in [0.2, 0.25) is 11.8 Å². The number of carboxylic acid groups (broad SMARTS) is 1. The van der Waals surface area contributed by atoms with E-state index in [1.54, 1.807) is 66.7 Å². The second-order valence-corrected chi connectivity index (χ2v) is 11.4. The van der Waals surface area contributed by atoms with Gasteiger partial charge in [-0.05, 0) is 28.8 Å². The van der Waals surface area contributed by atoms with Crippen LogP contribution in [0.5, 0.6) is 5.75 Å². The number of hydrogen-bond donors (Lipinski definition) is 7. The second-order valence-electron chi connectivity index (χ2n) is 11.4. The maximum Gasteiger partial charge on any atom is 1.00 e. The van der Waals surface area contributed by atoms with Crippen molar-refractivity contribution in [1.29, 1.82) is 0 Å². The van der Waals surface area contributed by atoms with Gasteiger partial charge >= 0.3 is 35.5 Å². The first-order valence-electron chi connectivity index (χ1n) is 15.0. The number of amides is 2. The molecule has 2 heterocycles. The van der Waals surface area contributed by atoms with E-state index in [4.69, 9.17) is 4.74 Å². The van der Waals surface area contributed by atoms with Gasteiger partial charge in [0.05, 0.1) is 30.9 Å². The van der Waals surface area contributed by atoms with E-state index in [1.165, 1.54) is 6.20 Å². The monoisotopic (exact) mass is 683 g/mol. The van der Waals surface area contributed by atoms with Crippen molar-refractivity contribution in [1.82, 2.24) is 25.6 Å². The number of aromatic nitrogens is 3. The number of phenols is 1. The van der Waals surface area contributed by atoms with Crippen LogP contribution < -0.4 is 45.3 Å². The number of carbonyl (C=O) groups is 3. The van der Waals surface area contributed by atoms with E-state index in [9.17, 15) is 45.0 Å². The zero-order chi connectivity index (χ0) is 34.4. The maximum atomic E-state index is 12.7. The number of aliphatic hydroxyl groups is 3. The quantitative estimate of drug-likeness (QED) is 0.0711. The molecule has 0 unspecified atom stereocenters. The van der Waals surface area contributed by atoms with Crippen molar-refractivity contribution in [2.45, 2.75) is 49.0 Å². The largest absolute Gasteiger partial charge is 1.00 e. The van der Waals surface area contributed by atoms with Gasteiger partial charge in [-0.3, -0.25) is 9.59 Å². The van der Waals surface area contributed by atoms with E-state index in [0.717, 1.165) is 15.8 Å². The number of aromatic hydroxyl groups is 1. The molecular weight excluding hydrogens is 649 g/mol. The maximum absolute atomic E-state index is 12.7. The van der Waals surface area contributed by atoms with Crippen molar-refractivity contribution in [3.8, 4) is 28.1 Å². The Morgan fingerprint density at radius 3 is 2.20 bits per heavy atom. The molecule has 0 aliphatic carbocycles. The SMILES string of the molecule is O=C(Cc1ccc(-c2ccc(O)cc2)cc1)NC[C@@H](O)[C@@H](O)[C@@H]1O[C@](C(=O)O)(n2cc(-c3ccccc3)nn2)C[C@H](O)[C@H]1NC(=O)C[O-].[Na+]. The molecule has 1 aliphatic rings. The number of carboxylic acids is 1. The van der Waals surface area contributed by atoms with E-state index in [2.05, 4.69) is 20.9 Å². The number of hydrogen-bond acceptors (Lipinski definition) is 11. The fourth-order valence-corrected chi connectivity index (χ4v) is 5.50. The molecular formula is C33H34N5NaO10. The van der Waals surface area contributed by atoms with Gasteiger partial charge in [0.15, 0.2) is 0 Å². The van der Waals surface area contributed by atoms with Crippen LogP contribution in [0.25, 0.3) is 22.4 Å². The molecule has 252 valence electrons. The number of aliphatic hydroxyl groups excluding tert-OH is 3. The molecule has 15 nitrogen and oxygen atoms in total. The van der Waals surface area contributed by atoms with Crippen molar-refractivity contribution in [2.75, 3.05) is 13.2 Å². The molecule has 3 aromatic carbocycles. The molecule has 5 rings (SSSR count). The van der Waals surface area contributed by atoms with E-state index < -0.39 is 73.5 Å². The smallest absolute Gasteiger partial charge is 0.848 e. The van der Waals surface area contributed by atoms with Gasteiger partial charge in [-0.2, -0.15) is 0 Å². The Balaban J connectivity index is 0.00000541. The summed E-state index contributed by atoms with van der Waals surface area (Å²) in [4.78, 5) is 37.5. The summed E-state index contributed by atoms with van der Waals surface area (Å²) in [6, 6.07) is 20.9. The predicted octanol–water partition coefficient (Wildman–Crippen LogP) is -3.87. The summed E-state index contributed by atoms with van der Waals surface area (Å²) in [5, 5.41) is 76.9. The molecule has 0 saturated carbocycles. The predicted molar refractivity (Wildman–Crippen MR) is 166 cm³/mol. The summed E-state index contributed by atoms with van der Waals surface area (Å²) >= 11 is 0. The molecule has 0 radical (unpaired) electrons. The molecule has 0 spiro atoms. The number of carbonyl (C=O) groups excluding carboxylic acids is 2. The molecule has 2 amide bonds. The summed E-state index contributed by atoms with van der Waals surface area (Å²) in [5.41, 5.74) is 0.832. The van der Waals surface area contributed by atoms with Gasteiger partial charge in [-0.25, -0.2) is 9.48 Å². The third-order valence-corrected chi connectivity index (χ3v) is 8.07. The number of benzene rings is 3. The van der Waals surface area contributed by atoms with Crippen LogP contribution in [0.2, 0.25) is 0 Å². The average Bonchev–Trinajstić information content (AvgIpc) is 3.60. The number of phenolic OH excluding ortho intramolecular Hbond substituents is 1. The van der Waals surface area contributed by atoms with Crippen molar-refractivity contribution < 1.29 is 79.3 Å². The molecule has 6 atom stereocenters. The molecule has 4 aromatic rings. The van der Waals surface area contributed by atoms with Crippen LogP contribution in [0.1, 0.15) is 12.0 Å². The fraction of sp³-hybridized carbons (Fsp3) is 0.303. The summed E-state index contributed by atoms with van der Waals surface area (Å²) in [7, 11) is 0. The van der Waals surface area contributed by atoms with Crippen molar-refractivity contribution in [3.05, 3.63) is 90.6 Å². The van der Waals surface area contributed by atoms with E-state index in [0.29, 0.717) is 11.1 Å². The van der Waals surface area contributed by atoms with Crippen LogP contribution in [0.4, 0.5) is 0 Å². The first kappa shape index (κ1) is 37.6. The van der Waals surface area contributed by atoms with Gasteiger partial charge in [0.25, 0.3) is 5.72 Å². The zero-order valence-corrected chi connectivity index (χ0v) is 28.4. The normalized spacial score (nSPS) is 21.5. The van der Waals surface area contributed by atoms with Crippen LogP contribution >= 0.6 is 0 Å². The van der Waals surface area contributed by atoms with Crippen LogP contribution in [-0.2, 0) is 31.3 Å². The average molecular weight is 684 g/mol. The molecule has 49 heavy (non-hydrogen) atoms. The number of ether oxygens (including phenoxy) is 1. The molecule has 1 aromatic heterocycles. The van der Waals surface area contributed by atoms with Crippen molar-refractivity contribution in [2.24, 2.45) is 0 Å². The standard InChI is InChI=1S/C33H34N5O10.Na/c39-18-28(44)35-29-25(41)15-33(32(46)47,38-17-24(36-37-38)22-4-2-1-3-5-22)48-31(29)30(45)26(42)16-34-27(43)14-19-6-8-20(9-7-19)21-10-12-23(40)13-11-21;/h1-13,17,25-26,29-31,40-42,45H,14-16,18H2,(H,34,43)(H,35,44)(H,46,47);/q-1;+1/t25-,26+,29+,30+,31+,33+;/m0./s1. The first-order chi connectivity index (χ1) is 23.0. The second kappa shape index (κ2) is 16.5. The number of nitrogens with one attached hydrogen (secondary N) is 2. The fourth-order valence-electron chi connectivity index (χ4n) is 5.50. The Hall–Kier alpha value is -4.19. The minimum absolute atomic E-state index is 0. The summed E-state index contributed by atoms with van der Waals surface area (Å²) < 4.78 is 6.75. The van der Waals surface area contributed by atoms with Gasteiger partial charge in [0, 0.05) is 18.5 Å². The molecule has 1 fully saturated rings. The number of aliphatic carboxylic acids is 1. The van der Waals surface area contributed by atoms with Gasteiger partial charge in [0.1, 0.15) is 23.7 Å². The van der Waals surface area contributed by atoms with E-state index >= 15 is 0 Å². The Bertz CT molecular complexity index is 1720. The first-order valence-corrected chi connectivity index (χ1v) is 15.0. The Morgan fingerprint density at radius 2 is 1.59 bits per heavy atom. The van der Waals surface area contributed by atoms with Gasteiger partial charge in [-0.1, -0.05) is 78.6 Å². The molecule has 1 saturated heterocycles. The third-order valence-electron chi connectivity index (χ3n) is 8.07. The van der Waals surface area contributed by atoms with Crippen molar-refractivity contribution >= 4 is 17.8 Å². The van der Waals surface area contributed by atoms with E-state index in [1.807, 2.05) is 12.1 Å². The number of rotatable bonds is 12. The van der Waals surface area contributed by atoms with Crippen LogP contribution in [0.15, 0.2) is 85.1 Å². The Labute approximate surface area is 302 Å². The molecule has 1 aliphatic heterocycles. The van der Waals surface area contributed by atoms with Gasteiger partial charge < -0.3 is 46.0 Å². The Morgan fingerprint density at radius 1 is 0.959 bits per heavy atom. The zero-order valence-electron chi connectivity index (χ0n) is 26.4. The van der Waals surface area contributed by atoms with Crippen LogP contribution in [0, 0.1) is 0 Å². The Kier molecular flexibility index (Phi) is 12.7. The van der Waals surface area contributed by atoms with Gasteiger partial charge in [-0.15, -0.1) is 5.10 Å². The van der Waals surface area contributed by atoms with Crippen LogP contribution in [-0.4, -0.2) is 102 Å². The summed E-state index contributed by atoms with van der Waals surface area (Å²) in [6.07, 6.45) is -6.69. The van der Waals surface area contributed by atoms with Crippen LogP contribution in [0.3, 0.4) is 0 Å². The molecule has 7 N–H and O–H groups in total. The summed E-state index contributed by atoms with van der Waals surface area (Å²) in [5.74, 6) is -3.04. The van der Waals surface area contributed by atoms with Crippen molar-refractivity contribution in [3.63, 3.8) is 0 Å². The molecule has 16 heteroatoms. The minimum atomic E-state index is -2.45. The third kappa shape index (κ3) is 8.70. The molecule has 0 bridgehead atoms. The summed E-state index contributed by atoms with van der Waals surface area (Å²) in [6.45, 7) is -1.74.